The molecule has 3 rings (SSSR count). The minimum absolute atomic E-state index is 0.357. The maximum absolute atomic E-state index is 5.93. The van der Waals surface area contributed by atoms with Crippen molar-refractivity contribution in [3.63, 3.8) is 0 Å². The molecule has 0 amide bonds. The van der Waals surface area contributed by atoms with Crippen LogP contribution in [0.5, 0.6) is 0 Å². The number of nitrogen functional groups attached to an aromatic ring is 2. The molecule has 24 heavy (non-hydrogen) atoms. The van der Waals surface area contributed by atoms with Gasteiger partial charge in [-0.25, -0.2) is 0 Å². The van der Waals surface area contributed by atoms with Crippen molar-refractivity contribution in [2.75, 3.05) is 11.5 Å². The largest absolute Gasteiger partial charge is 0.496 e. The standard InChI is InChI=1S/C12H17BClNO2.C6H7N/c1-11(2)12(3,4)17-13(16-11)9-6-5-8(14)7-10(9)15;7-6-4-2-1-3-5-6/h5-7H,15H2,1-4H3;1-5H,7H2. The summed E-state index contributed by atoms with van der Waals surface area (Å²) in [6.07, 6.45) is 0. The number of nitrogens with two attached hydrogens (primary N) is 2. The predicted molar refractivity (Wildman–Crippen MR) is 102 cm³/mol. The molecule has 0 atom stereocenters. The normalized spacial score (nSPS) is 18.0. The van der Waals surface area contributed by atoms with Crippen molar-refractivity contribution in [3.8, 4) is 0 Å². The van der Waals surface area contributed by atoms with Crippen LogP contribution in [0.15, 0.2) is 48.5 Å². The highest BCUT2D eigenvalue weighted by molar-refractivity contribution is 6.64. The second-order valence-corrected chi connectivity index (χ2v) is 7.21. The third kappa shape index (κ3) is 4.23. The molecule has 1 heterocycles. The van der Waals surface area contributed by atoms with E-state index in [4.69, 9.17) is 32.4 Å². The highest BCUT2D eigenvalue weighted by atomic mass is 35.5. The molecule has 0 saturated carbocycles. The molecule has 0 radical (unpaired) electrons. The lowest BCUT2D eigenvalue weighted by atomic mass is 9.78. The Hall–Kier alpha value is -1.69. The molecule has 128 valence electrons. The van der Waals surface area contributed by atoms with Gasteiger partial charge in [0.15, 0.2) is 0 Å². The van der Waals surface area contributed by atoms with Crippen molar-refractivity contribution < 1.29 is 9.31 Å². The second kappa shape index (κ2) is 7.05. The van der Waals surface area contributed by atoms with Crippen LogP contribution in [0.4, 0.5) is 11.4 Å². The van der Waals surface area contributed by atoms with Crippen LogP contribution >= 0.6 is 11.6 Å². The van der Waals surface area contributed by atoms with Crippen LogP contribution in [-0.4, -0.2) is 18.3 Å². The van der Waals surface area contributed by atoms with Gasteiger partial charge in [-0.1, -0.05) is 35.9 Å². The van der Waals surface area contributed by atoms with E-state index >= 15 is 0 Å². The van der Waals surface area contributed by atoms with Gasteiger partial charge in [-0.3, -0.25) is 0 Å². The van der Waals surface area contributed by atoms with Gasteiger partial charge in [0.2, 0.25) is 0 Å². The summed E-state index contributed by atoms with van der Waals surface area (Å²) in [6, 6.07) is 14.8. The number of hydrogen-bond donors (Lipinski definition) is 2. The lowest BCUT2D eigenvalue weighted by molar-refractivity contribution is 0.00578. The summed E-state index contributed by atoms with van der Waals surface area (Å²) < 4.78 is 11.9. The third-order valence-electron chi connectivity index (χ3n) is 4.36. The number of hydrogen-bond acceptors (Lipinski definition) is 4. The summed E-state index contributed by atoms with van der Waals surface area (Å²) >= 11 is 5.87. The fraction of sp³-hybridized carbons (Fsp3) is 0.333. The zero-order valence-corrected chi connectivity index (χ0v) is 15.3. The SMILES string of the molecule is CC1(C)OB(c2ccc(Cl)cc2N)OC1(C)C.Nc1ccccc1. The van der Waals surface area contributed by atoms with Gasteiger partial charge in [-0.2, -0.15) is 0 Å². The molecule has 4 N–H and O–H groups in total. The molecule has 0 bridgehead atoms. The van der Waals surface area contributed by atoms with Gasteiger partial charge in [0.05, 0.1) is 11.2 Å². The molecule has 0 unspecified atom stereocenters. The summed E-state index contributed by atoms with van der Waals surface area (Å²) in [7, 11) is -0.433. The Bertz CT molecular complexity index is 677. The van der Waals surface area contributed by atoms with Gasteiger partial charge in [0.1, 0.15) is 0 Å². The molecule has 2 aromatic rings. The van der Waals surface area contributed by atoms with Crippen molar-refractivity contribution >= 4 is 35.6 Å². The summed E-state index contributed by atoms with van der Waals surface area (Å²) in [6.45, 7) is 8.05. The highest BCUT2D eigenvalue weighted by Gasteiger charge is 2.52. The van der Waals surface area contributed by atoms with Crippen LogP contribution < -0.4 is 16.9 Å². The lowest BCUT2D eigenvalue weighted by Crippen LogP contribution is -2.41. The Labute approximate surface area is 149 Å². The Morgan fingerprint density at radius 2 is 1.42 bits per heavy atom. The summed E-state index contributed by atoms with van der Waals surface area (Å²) in [4.78, 5) is 0. The van der Waals surface area contributed by atoms with Crippen LogP contribution in [-0.2, 0) is 9.31 Å². The second-order valence-electron chi connectivity index (χ2n) is 6.77. The van der Waals surface area contributed by atoms with E-state index < -0.39 is 7.12 Å². The number of anilines is 2. The molecule has 2 aromatic carbocycles. The molecule has 1 aliphatic heterocycles. The maximum atomic E-state index is 5.93. The van der Waals surface area contributed by atoms with Crippen molar-refractivity contribution in [1.29, 1.82) is 0 Å². The summed E-state index contributed by atoms with van der Waals surface area (Å²) in [5, 5.41) is 0.614. The first-order chi connectivity index (χ1) is 11.1. The first-order valence-corrected chi connectivity index (χ1v) is 8.21. The molecular weight excluding hydrogens is 322 g/mol. The summed E-state index contributed by atoms with van der Waals surface area (Å²) in [5.41, 5.74) is 12.8. The van der Waals surface area contributed by atoms with Crippen LogP contribution in [0.2, 0.25) is 5.02 Å². The molecule has 1 aliphatic rings. The van der Waals surface area contributed by atoms with E-state index in [1.165, 1.54) is 0 Å². The lowest BCUT2D eigenvalue weighted by Gasteiger charge is -2.32. The molecule has 0 aliphatic carbocycles. The van der Waals surface area contributed by atoms with Crippen molar-refractivity contribution in [3.05, 3.63) is 53.6 Å². The van der Waals surface area contributed by atoms with Gasteiger partial charge in [0, 0.05) is 21.9 Å². The van der Waals surface area contributed by atoms with Crippen molar-refractivity contribution in [2.45, 2.75) is 38.9 Å². The van der Waals surface area contributed by atoms with E-state index in [-0.39, 0.29) is 11.2 Å². The molecule has 0 aromatic heterocycles. The van der Waals surface area contributed by atoms with Crippen LogP contribution in [0, 0.1) is 0 Å². The molecular formula is C18H24BClN2O2. The van der Waals surface area contributed by atoms with Gasteiger partial charge in [-0.15, -0.1) is 0 Å². The number of benzene rings is 2. The average Bonchev–Trinajstić information content (AvgIpc) is 2.68. The third-order valence-corrected chi connectivity index (χ3v) is 4.59. The zero-order chi connectivity index (χ0) is 18.0. The topological polar surface area (TPSA) is 70.5 Å². The fourth-order valence-corrected chi connectivity index (χ4v) is 2.36. The smallest absolute Gasteiger partial charge is 0.399 e. The minimum atomic E-state index is -0.433. The van der Waals surface area contributed by atoms with Gasteiger partial charge in [-0.05, 0) is 52.0 Å². The Balaban J connectivity index is 0.000000249. The Morgan fingerprint density at radius 3 is 1.83 bits per heavy atom. The van der Waals surface area contributed by atoms with Crippen molar-refractivity contribution in [2.24, 2.45) is 0 Å². The Kier molecular flexibility index (Phi) is 5.48. The van der Waals surface area contributed by atoms with E-state index in [1.807, 2.05) is 64.1 Å². The fourth-order valence-electron chi connectivity index (χ4n) is 2.18. The first-order valence-electron chi connectivity index (χ1n) is 7.83. The predicted octanol–water partition coefficient (Wildman–Crippen LogP) is 3.49. The molecule has 6 heteroatoms. The maximum Gasteiger partial charge on any atom is 0.496 e. The van der Waals surface area contributed by atoms with E-state index in [0.717, 1.165) is 11.2 Å². The molecule has 1 saturated heterocycles. The zero-order valence-electron chi connectivity index (χ0n) is 14.5. The van der Waals surface area contributed by atoms with E-state index in [9.17, 15) is 0 Å². The summed E-state index contributed by atoms with van der Waals surface area (Å²) in [5.74, 6) is 0. The highest BCUT2D eigenvalue weighted by Crippen LogP contribution is 2.36. The quantitative estimate of drug-likeness (QED) is 0.612. The average molecular weight is 347 g/mol. The van der Waals surface area contributed by atoms with Crippen molar-refractivity contribution in [1.82, 2.24) is 0 Å². The number of rotatable bonds is 1. The first kappa shape index (κ1) is 18.7. The van der Waals surface area contributed by atoms with Gasteiger partial charge in [0.25, 0.3) is 0 Å². The minimum Gasteiger partial charge on any atom is -0.399 e. The van der Waals surface area contributed by atoms with E-state index in [1.54, 1.807) is 12.1 Å². The van der Waals surface area contributed by atoms with Gasteiger partial charge < -0.3 is 20.8 Å². The molecule has 4 nitrogen and oxygen atoms in total. The Morgan fingerprint density at radius 1 is 0.875 bits per heavy atom. The number of halogens is 1. The van der Waals surface area contributed by atoms with E-state index in [2.05, 4.69) is 0 Å². The van der Waals surface area contributed by atoms with Gasteiger partial charge >= 0.3 is 7.12 Å². The van der Waals surface area contributed by atoms with Crippen LogP contribution in [0.25, 0.3) is 0 Å². The number of para-hydroxylation sites is 1. The molecule has 1 fully saturated rings. The van der Waals surface area contributed by atoms with Crippen LogP contribution in [0.3, 0.4) is 0 Å². The molecule has 0 spiro atoms. The monoisotopic (exact) mass is 346 g/mol. The van der Waals surface area contributed by atoms with E-state index in [0.29, 0.717) is 10.7 Å². The van der Waals surface area contributed by atoms with Crippen LogP contribution in [0.1, 0.15) is 27.7 Å².